The van der Waals surface area contributed by atoms with Gasteiger partial charge in [-0.25, -0.2) is 0 Å². The molecular weight excluding hydrogens is 340 g/mol. The van der Waals surface area contributed by atoms with Crippen LogP contribution in [0.3, 0.4) is 0 Å². The second kappa shape index (κ2) is 10.5. The van der Waals surface area contributed by atoms with Gasteiger partial charge in [-0.2, -0.15) is 0 Å². The number of unbranched alkanes of at least 4 members (excludes halogenated alkanes) is 4. The van der Waals surface area contributed by atoms with Crippen LogP contribution in [0.5, 0.6) is 0 Å². The molecule has 0 N–H and O–H groups in total. The zero-order valence-electron chi connectivity index (χ0n) is 16.7. The molecule has 0 spiro atoms. The molecule has 1 unspecified atom stereocenters. The molecule has 0 heterocycles. The fourth-order valence-electron chi connectivity index (χ4n) is 3.56. The summed E-state index contributed by atoms with van der Waals surface area (Å²) in [7, 11) is 0. The van der Waals surface area contributed by atoms with E-state index >= 15 is 0 Å². The second-order valence-corrected chi connectivity index (χ2v) is 7.25. The van der Waals surface area contributed by atoms with Gasteiger partial charge < -0.3 is 0 Å². The van der Waals surface area contributed by atoms with Crippen molar-refractivity contribution >= 4 is 16.6 Å². The zero-order chi connectivity index (χ0) is 19.6. The summed E-state index contributed by atoms with van der Waals surface area (Å²) in [5.74, 6) is 6.87. The predicted octanol–water partition coefficient (Wildman–Crippen LogP) is 7.17. The second-order valence-electron chi connectivity index (χ2n) is 7.25. The van der Waals surface area contributed by atoms with Crippen LogP contribution in [0.25, 0.3) is 10.8 Å². The van der Waals surface area contributed by atoms with Crippen molar-refractivity contribution in [2.75, 3.05) is 0 Å². The third-order valence-electron chi connectivity index (χ3n) is 5.12. The number of Topliss-reactive ketones (excluding diaryl/α,β-unsaturated/α-hetero) is 1. The van der Waals surface area contributed by atoms with E-state index in [1.165, 1.54) is 30.0 Å². The van der Waals surface area contributed by atoms with Gasteiger partial charge in [-0.1, -0.05) is 105 Å². The Labute approximate surface area is 168 Å². The van der Waals surface area contributed by atoms with E-state index in [-0.39, 0.29) is 11.7 Å². The smallest absolute Gasteiger partial charge is 0.164 e. The highest BCUT2D eigenvalue weighted by molar-refractivity contribution is 5.97. The molecule has 0 aliphatic carbocycles. The third-order valence-corrected chi connectivity index (χ3v) is 5.12. The molecule has 1 nitrogen and oxygen atoms in total. The molecule has 1 atom stereocenters. The lowest BCUT2D eigenvalue weighted by Gasteiger charge is -2.14. The topological polar surface area (TPSA) is 17.1 Å². The van der Waals surface area contributed by atoms with E-state index in [1.54, 1.807) is 0 Å². The highest BCUT2D eigenvalue weighted by Gasteiger charge is 2.17. The van der Waals surface area contributed by atoms with E-state index in [0.717, 1.165) is 24.0 Å². The predicted molar refractivity (Wildman–Crippen MR) is 119 cm³/mol. The van der Waals surface area contributed by atoms with Gasteiger partial charge in [-0.3, -0.25) is 4.79 Å². The summed E-state index contributed by atoms with van der Waals surface area (Å²) in [4.78, 5) is 12.9. The lowest BCUT2D eigenvalue weighted by atomic mass is 9.88. The molecule has 0 fully saturated rings. The zero-order valence-corrected chi connectivity index (χ0v) is 16.7. The fourth-order valence-corrected chi connectivity index (χ4v) is 3.56. The summed E-state index contributed by atoms with van der Waals surface area (Å²) in [5, 5.41) is 2.39. The molecule has 3 aromatic carbocycles. The first kappa shape index (κ1) is 19.9. The van der Waals surface area contributed by atoms with Crippen LogP contribution in [-0.2, 0) is 0 Å². The molecule has 0 bridgehead atoms. The van der Waals surface area contributed by atoms with Gasteiger partial charge in [0.15, 0.2) is 5.78 Å². The monoisotopic (exact) mass is 368 g/mol. The van der Waals surface area contributed by atoms with Crippen molar-refractivity contribution in [1.82, 2.24) is 0 Å². The quantitative estimate of drug-likeness (QED) is 0.234. The fraction of sp³-hybridized carbons (Fsp3) is 0.296. The van der Waals surface area contributed by atoms with Crippen LogP contribution in [0.4, 0.5) is 0 Å². The average Bonchev–Trinajstić information content (AvgIpc) is 2.75. The van der Waals surface area contributed by atoms with Crippen molar-refractivity contribution in [3.05, 3.63) is 83.9 Å². The van der Waals surface area contributed by atoms with E-state index in [2.05, 4.69) is 61.2 Å². The van der Waals surface area contributed by atoms with Crippen LogP contribution >= 0.6 is 0 Å². The van der Waals surface area contributed by atoms with Gasteiger partial charge in [0.2, 0.25) is 0 Å². The Morgan fingerprint density at radius 1 is 0.857 bits per heavy atom. The van der Waals surface area contributed by atoms with Crippen LogP contribution in [0.2, 0.25) is 0 Å². The molecule has 0 saturated heterocycles. The van der Waals surface area contributed by atoms with Gasteiger partial charge in [0.25, 0.3) is 0 Å². The normalized spacial score (nSPS) is 11.6. The molecule has 0 aliphatic rings. The number of hydrogen-bond donors (Lipinski definition) is 0. The average molecular weight is 369 g/mol. The van der Waals surface area contributed by atoms with Crippen molar-refractivity contribution in [3.63, 3.8) is 0 Å². The summed E-state index contributed by atoms with van der Waals surface area (Å²) in [5.41, 5.74) is 1.92. The minimum Gasteiger partial charge on any atom is -0.294 e. The van der Waals surface area contributed by atoms with Crippen LogP contribution in [0.1, 0.15) is 67.3 Å². The first-order valence-electron chi connectivity index (χ1n) is 10.3. The first-order chi connectivity index (χ1) is 13.8. The maximum absolute atomic E-state index is 12.9. The third kappa shape index (κ3) is 5.33. The molecule has 3 aromatic rings. The number of hydrogen-bond acceptors (Lipinski definition) is 1. The standard InChI is InChI=1S/C27H28O/c1-2-3-4-5-6-8-17-24(21-27(28)23-15-9-7-10-16-23)26-20-13-18-22-14-11-12-19-25(22)26/h7,9-16,18-20,24H,2-6,21H2,1H3. The molecule has 28 heavy (non-hydrogen) atoms. The number of carbonyl (C=O) groups excluding carboxylic acids is 1. The summed E-state index contributed by atoms with van der Waals surface area (Å²) < 4.78 is 0. The lowest BCUT2D eigenvalue weighted by Crippen LogP contribution is -2.07. The van der Waals surface area contributed by atoms with Crippen molar-refractivity contribution in [2.45, 2.75) is 51.4 Å². The molecule has 1 heteroatoms. The molecule has 0 saturated carbocycles. The first-order valence-corrected chi connectivity index (χ1v) is 10.3. The molecule has 0 aromatic heterocycles. The maximum atomic E-state index is 12.9. The van der Waals surface area contributed by atoms with Crippen molar-refractivity contribution < 1.29 is 4.79 Å². The van der Waals surface area contributed by atoms with E-state index in [1.807, 2.05) is 30.3 Å². The van der Waals surface area contributed by atoms with Gasteiger partial charge in [0.05, 0.1) is 5.92 Å². The van der Waals surface area contributed by atoms with Gasteiger partial charge in [-0.15, -0.1) is 5.92 Å². The van der Waals surface area contributed by atoms with Crippen LogP contribution in [0.15, 0.2) is 72.8 Å². The van der Waals surface area contributed by atoms with Crippen LogP contribution in [0, 0.1) is 11.8 Å². The molecule has 0 aliphatic heterocycles. The minimum atomic E-state index is -0.0787. The summed E-state index contributed by atoms with van der Waals surface area (Å²) in [6, 6.07) is 24.2. The lowest BCUT2D eigenvalue weighted by molar-refractivity contribution is 0.0979. The number of benzene rings is 3. The van der Waals surface area contributed by atoms with Crippen LogP contribution < -0.4 is 0 Å². The highest BCUT2D eigenvalue weighted by Crippen LogP contribution is 2.29. The van der Waals surface area contributed by atoms with E-state index in [4.69, 9.17) is 0 Å². The Hall–Kier alpha value is -2.85. The number of carbonyl (C=O) groups is 1. The molecule has 142 valence electrons. The Morgan fingerprint density at radius 2 is 1.61 bits per heavy atom. The summed E-state index contributed by atoms with van der Waals surface area (Å²) >= 11 is 0. The number of ketones is 1. The molecule has 0 amide bonds. The SMILES string of the molecule is CCCCCCC#CC(CC(=O)c1ccccc1)c1cccc2ccccc12. The van der Waals surface area contributed by atoms with E-state index in [9.17, 15) is 4.79 Å². The Bertz CT molecular complexity index is 954. The maximum Gasteiger partial charge on any atom is 0.164 e. The number of rotatable bonds is 8. The van der Waals surface area contributed by atoms with E-state index < -0.39 is 0 Å². The van der Waals surface area contributed by atoms with Gasteiger partial charge >= 0.3 is 0 Å². The highest BCUT2D eigenvalue weighted by atomic mass is 16.1. The van der Waals surface area contributed by atoms with E-state index in [0.29, 0.717) is 6.42 Å². The largest absolute Gasteiger partial charge is 0.294 e. The molecule has 3 rings (SSSR count). The van der Waals surface area contributed by atoms with Gasteiger partial charge in [-0.05, 0) is 22.8 Å². The number of fused-ring (bicyclic) bond motifs is 1. The van der Waals surface area contributed by atoms with Crippen molar-refractivity contribution in [1.29, 1.82) is 0 Å². The Balaban J connectivity index is 1.86. The summed E-state index contributed by atoms with van der Waals surface area (Å²) in [6.45, 7) is 2.22. The van der Waals surface area contributed by atoms with Crippen molar-refractivity contribution in [3.8, 4) is 11.8 Å². The minimum absolute atomic E-state index is 0.0787. The summed E-state index contributed by atoms with van der Waals surface area (Å²) in [6.07, 6.45) is 6.18. The molecular formula is C27H28O. The Morgan fingerprint density at radius 3 is 2.43 bits per heavy atom. The van der Waals surface area contributed by atoms with Crippen LogP contribution in [-0.4, -0.2) is 5.78 Å². The van der Waals surface area contributed by atoms with Gasteiger partial charge in [0, 0.05) is 18.4 Å². The Kier molecular flexibility index (Phi) is 7.44. The molecule has 0 radical (unpaired) electrons. The van der Waals surface area contributed by atoms with Crippen molar-refractivity contribution in [2.24, 2.45) is 0 Å². The van der Waals surface area contributed by atoms with Gasteiger partial charge in [0.1, 0.15) is 0 Å².